The lowest BCUT2D eigenvalue weighted by molar-refractivity contribution is 0.555. The Labute approximate surface area is 96.7 Å². The molecule has 0 amide bonds. The number of primary sulfonamides is 1. The highest BCUT2D eigenvalue weighted by Crippen LogP contribution is 2.17. The minimum absolute atomic E-state index is 0.175. The van der Waals surface area contributed by atoms with Crippen molar-refractivity contribution >= 4 is 10.0 Å². The first-order valence-corrected chi connectivity index (χ1v) is 6.85. The first-order chi connectivity index (χ1) is 7.36. The molecule has 0 saturated carbocycles. The van der Waals surface area contributed by atoms with Crippen molar-refractivity contribution in [2.45, 2.75) is 38.3 Å². The summed E-state index contributed by atoms with van der Waals surface area (Å²) in [5, 5.41) is 8.27. The molecule has 16 heavy (non-hydrogen) atoms. The van der Waals surface area contributed by atoms with Gasteiger partial charge in [0, 0.05) is 24.5 Å². The minimum Gasteiger partial charge on any atom is -0.346 e. The predicted octanol–water partition coefficient (Wildman–Crippen LogP) is 0.826. The third kappa shape index (κ3) is 3.07. The van der Waals surface area contributed by atoms with Crippen molar-refractivity contribution in [3.05, 3.63) is 18.0 Å². The smallest absolute Gasteiger partial charge is 0.239 e. The molecule has 0 saturated heterocycles. The van der Waals surface area contributed by atoms with Crippen LogP contribution in [-0.2, 0) is 16.6 Å². The van der Waals surface area contributed by atoms with E-state index in [1.165, 1.54) is 0 Å². The van der Waals surface area contributed by atoms with Crippen molar-refractivity contribution in [1.29, 1.82) is 0 Å². The molecule has 1 rings (SSSR count). The van der Waals surface area contributed by atoms with Crippen molar-refractivity contribution in [2.24, 2.45) is 5.14 Å². The Bertz CT molecular complexity index is 449. The largest absolute Gasteiger partial charge is 0.346 e. The van der Waals surface area contributed by atoms with Crippen LogP contribution in [0.1, 0.15) is 32.5 Å². The number of nitrogens with one attached hydrogen (secondary N) is 1. The lowest BCUT2D eigenvalue weighted by atomic mass is 10.3. The number of hydrogen-bond acceptors (Lipinski definition) is 3. The molecule has 3 N–H and O–H groups in total. The van der Waals surface area contributed by atoms with E-state index < -0.39 is 10.0 Å². The molecule has 92 valence electrons. The maximum Gasteiger partial charge on any atom is 0.239 e. The number of rotatable bonds is 5. The van der Waals surface area contributed by atoms with Crippen LogP contribution in [0.2, 0.25) is 0 Å². The Hall–Kier alpha value is -0.850. The third-order valence-electron chi connectivity index (χ3n) is 2.35. The number of hydrogen-bond donors (Lipinski definition) is 2. The second kappa shape index (κ2) is 4.99. The summed E-state index contributed by atoms with van der Waals surface area (Å²) < 4.78 is 24.4. The predicted molar refractivity (Wildman–Crippen MR) is 63.6 cm³/mol. The number of aromatic nitrogens is 1. The maximum absolute atomic E-state index is 11.2. The summed E-state index contributed by atoms with van der Waals surface area (Å²) in [6.45, 7) is 7.49. The Morgan fingerprint density at radius 2 is 2.12 bits per heavy atom. The SMILES string of the molecule is CCNCc1cc(S(N)(=O)=O)cn1C(C)C. The molecule has 0 atom stereocenters. The zero-order valence-electron chi connectivity index (χ0n) is 9.90. The molecule has 6 heteroatoms. The van der Waals surface area contributed by atoms with Gasteiger partial charge in [-0.15, -0.1) is 0 Å². The third-order valence-corrected chi connectivity index (χ3v) is 3.23. The molecule has 0 aliphatic rings. The van der Waals surface area contributed by atoms with E-state index in [0.29, 0.717) is 6.54 Å². The van der Waals surface area contributed by atoms with E-state index in [0.717, 1.165) is 12.2 Å². The summed E-state index contributed by atoms with van der Waals surface area (Å²) in [6.07, 6.45) is 1.59. The highest BCUT2D eigenvalue weighted by Gasteiger charge is 2.15. The lowest BCUT2D eigenvalue weighted by Crippen LogP contribution is -2.15. The first kappa shape index (κ1) is 13.2. The quantitative estimate of drug-likeness (QED) is 0.806. The number of nitrogens with two attached hydrogens (primary N) is 1. The van der Waals surface area contributed by atoms with Gasteiger partial charge in [-0.1, -0.05) is 6.92 Å². The summed E-state index contributed by atoms with van der Waals surface area (Å²) in [5.74, 6) is 0. The first-order valence-electron chi connectivity index (χ1n) is 5.30. The molecule has 1 heterocycles. The summed E-state index contributed by atoms with van der Waals surface area (Å²) in [6, 6.07) is 1.84. The van der Waals surface area contributed by atoms with Gasteiger partial charge in [-0.05, 0) is 26.5 Å². The average molecular weight is 245 g/mol. The van der Waals surface area contributed by atoms with Crippen LogP contribution in [0, 0.1) is 0 Å². The van der Waals surface area contributed by atoms with Crippen LogP contribution in [0.4, 0.5) is 0 Å². The Morgan fingerprint density at radius 1 is 1.50 bits per heavy atom. The van der Waals surface area contributed by atoms with E-state index in [-0.39, 0.29) is 10.9 Å². The molecule has 0 aliphatic carbocycles. The molecular weight excluding hydrogens is 226 g/mol. The van der Waals surface area contributed by atoms with Gasteiger partial charge in [0.05, 0.1) is 4.90 Å². The summed E-state index contributed by atoms with van der Waals surface area (Å²) in [7, 11) is -3.61. The summed E-state index contributed by atoms with van der Waals surface area (Å²) in [5.41, 5.74) is 0.931. The second-order valence-corrected chi connectivity index (χ2v) is 5.55. The summed E-state index contributed by atoms with van der Waals surface area (Å²) in [4.78, 5) is 0.175. The minimum atomic E-state index is -3.61. The fraction of sp³-hybridized carbons (Fsp3) is 0.600. The molecule has 0 aromatic carbocycles. The van der Waals surface area contributed by atoms with Crippen LogP contribution in [0.25, 0.3) is 0 Å². The van der Waals surface area contributed by atoms with Crippen LogP contribution < -0.4 is 10.5 Å². The monoisotopic (exact) mass is 245 g/mol. The van der Waals surface area contributed by atoms with Crippen molar-refractivity contribution in [1.82, 2.24) is 9.88 Å². The van der Waals surface area contributed by atoms with Crippen molar-refractivity contribution in [3.63, 3.8) is 0 Å². The van der Waals surface area contributed by atoms with E-state index in [4.69, 9.17) is 5.14 Å². The van der Waals surface area contributed by atoms with Crippen molar-refractivity contribution in [2.75, 3.05) is 6.54 Å². The van der Waals surface area contributed by atoms with E-state index in [1.54, 1.807) is 12.3 Å². The van der Waals surface area contributed by atoms with Gasteiger partial charge in [-0.25, -0.2) is 13.6 Å². The molecule has 0 fully saturated rings. The van der Waals surface area contributed by atoms with Gasteiger partial charge >= 0.3 is 0 Å². The Morgan fingerprint density at radius 3 is 2.56 bits per heavy atom. The van der Waals surface area contributed by atoms with Gasteiger partial charge in [0.15, 0.2) is 0 Å². The average Bonchev–Trinajstić information content (AvgIpc) is 2.57. The molecule has 0 aliphatic heterocycles. The van der Waals surface area contributed by atoms with Crippen LogP contribution in [-0.4, -0.2) is 19.5 Å². The normalized spacial score (nSPS) is 12.3. The Balaban J connectivity index is 3.10. The fourth-order valence-electron chi connectivity index (χ4n) is 1.53. The lowest BCUT2D eigenvalue weighted by Gasteiger charge is -2.12. The van der Waals surface area contributed by atoms with Crippen LogP contribution in [0.15, 0.2) is 17.2 Å². The second-order valence-electron chi connectivity index (χ2n) is 3.99. The van der Waals surface area contributed by atoms with Crippen molar-refractivity contribution < 1.29 is 8.42 Å². The molecule has 0 bridgehead atoms. The molecule has 0 spiro atoms. The molecular formula is C10H19N3O2S. The van der Waals surface area contributed by atoms with Gasteiger partial charge < -0.3 is 9.88 Å². The van der Waals surface area contributed by atoms with Crippen LogP contribution >= 0.6 is 0 Å². The van der Waals surface area contributed by atoms with Gasteiger partial charge in [-0.3, -0.25) is 0 Å². The highest BCUT2D eigenvalue weighted by atomic mass is 32.2. The topological polar surface area (TPSA) is 77.1 Å². The zero-order chi connectivity index (χ0) is 12.3. The van der Waals surface area contributed by atoms with Crippen LogP contribution in [0.3, 0.4) is 0 Å². The number of nitrogens with zero attached hydrogens (tertiary/aromatic N) is 1. The molecule has 1 aromatic heterocycles. The van der Waals surface area contributed by atoms with E-state index >= 15 is 0 Å². The van der Waals surface area contributed by atoms with E-state index in [2.05, 4.69) is 5.32 Å². The zero-order valence-corrected chi connectivity index (χ0v) is 10.7. The van der Waals surface area contributed by atoms with Crippen LogP contribution in [0.5, 0.6) is 0 Å². The van der Waals surface area contributed by atoms with E-state index in [1.807, 2.05) is 25.3 Å². The molecule has 0 radical (unpaired) electrons. The van der Waals surface area contributed by atoms with Gasteiger partial charge in [0.25, 0.3) is 0 Å². The van der Waals surface area contributed by atoms with E-state index in [9.17, 15) is 8.42 Å². The highest BCUT2D eigenvalue weighted by molar-refractivity contribution is 7.89. The van der Waals surface area contributed by atoms with Gasteiger partial charge in [0.1, 0.15) is 0 Å². The fourth-order valence-corrected chi connectivity index (χ4v) is 2.09. The molecule has 1 aromatic rings. The number of sulfonamides is 1. The molecule has 5 nitrogen and oxygen atoms in total. The Kier molecular flexibility index (Phi) is 4.12. The molecule has 0 unspecified atom stereocenters. The van der Waals surface area contributed by atoms with Gasteiger partial charge in [0.2, 0.25) is 10.0 Å². The maximum atomic E-state index is 11.2. The van der Waals surface area contributed by atoms with Gasteiger partial charge in [-0.2, -0.15) is 0 Å². The summed E-state index contributed by atoms with van der Waals surface area (Å²) >= 11 is 0. The van der Waals surface area contributed by atoms with Crippen molar-refractivity contribution in [3.8, 4) is 0 Å². The standard InChI is InChI=1S/C10H19N3O2S/c1-4-12-6-9-5-10(16(11,14)15)7-13(9)8(2)3/h5,7-8,12H,4,6H2,1-3H3,(H2,11,14,15).